The van der Waals surface area contributed by atoms with Crippen LogP contribution < -0.4 is 5.56 Å². The number of thiophene rings is 2. The van der Waals surface area contributed by atoms with E-state index < -0.39 is 5.97 Å². The van der Waals surface area contributed by atoms with Crippen LogP contribution in [0.5, 0.6) is 0 Å². The van der Waals surface area contributed by atoms with Gasteiger partial charge in [0.15, 0.2) is 0 Å². The zero-order chi connectivity index (χ0) is 18.3. The van der Waals surface area contributed by atoms with Crippen molar-refractivity contribution in [3.05, 3.63) is 55.2 Å². The molecule has 0 aromatic carbocycles. The van der Waals surface area contributed by atoms with Gasteiger partial charge < -0.3 is 9.72 Å². The van der Waals surface area contributed by atoms with Crippen molar-refractivity contribution in [1.29, 1.82) is 0 Å². The summed E-state index contributed by atoms with van der Waals surface area (Å²) in [5, 5.41) is 5.24. The first-order valence-electron chi connectivity index (χ1n) is 7.68. The fourth-order valence-corrected chi connectivity index (χ4v) is 5.28. The minimum absolute atomic E-state index is 0.0945. The summed E-state index contributed by atoms with van der Waals surface area (Å²) in [6.07, 6.45) is 0. The molecular formula is C17H13N3O3S3. The molecule has 1 N–H and O–H groups in total. The number of rotatable bonds is 4. The predicted octanol–water partition coefficient (Wildman–Crippen LogP) is 4.14. The second-order valence-electron chi connectivity index (χ2n) is 5.59. The number of H-pyrrole nitrogens is 1. The molecule has 0 saturated carbocycles. The lowest BCUT2D eigenvalue weighted by atomic mass is 10.2. The van der Waals surface area contributed by atoms with Gasteiger partial charge in [-0.2, -0.15) is 0 Å². The van der Waals surface area contributed by atoms with Gasteiger partial charge in [-0.3, -0.25) is 4.79 Å². The minimum Gasteiger partial charge on any atom is -0.455 e. The monoisotopic (exact) mass is 403 g/mol. The molecule has 4 rings (SSSR count). The van der Waals surface area contributed by atoms with E-state index in [9.17, 15) is 9.59 Å². The first kappa shape index (κ1) is 17.1. The summed E-state index contributed by atoms with van der Waals surface area (Å²) >= 11 is 4.32. The molecule has 9 heteroatoms. The molecule has 4 aromatic heterocycles. The average molecular weight is 404 g/mol. The Labute approximate surface area is 160 Å². The van der Waals surface area contributed by atoms with Crippen molar-refractivity contribution in [3.8, 4) is 9.88 Å². The zero-order valence-electron chi connectivity index (χ0n) is 13.9. The third kappa shape index (κ3) is 3.09. The van der Waals surface area contributed by atoms with Gasteiger partial charge in [0.05, 0.1) is 16.0 Å². The van der Waals surface area contributed by atoms with E-state index in [2.05, 4.69) is 15.0 Å². The van der Waals surface area contributed by atoms with Gasteiger partial charge in [-0.1, -0.05) is 6.07 Å². The number of aromatic nitrogens is 3. The topological polar surface area (TPSA) is 84.9 Å². The van der Waals surface area contributed by atoms with E-state index in [-0.39, 0.29) is 12.2 Å². The van der Waals surface area contributed by atoms with E-state index in [1.165, 1.54) is 22.7 Å². The SMILES string of the molecule is Cc1nc2sc(C(=O)OCc3csc(-c4cccs4)n3)c(C)c2c(=O)[nH]1. The Kier molecular flexibility index (Phi) is 4.43. The van der Waals surface area contributed by atoms with Crippen LogP contribution in [-0.2, 0) is 11.3 Å². The van der Waals surface area contributed by atoms with Crippen LogP contribution in [0.15, 0.2) is 27.7 Å². The highest BCUT2D eigenvalue weighted by Crippen LogP contribution is 2.29. The van der Waals surface area contributed by atoms with Gasteiger partial charge in [0.2, 0.25) is 0 Å². The summed E-state index contributed by atoms with van der Waals surface area (Å²) in [4.78, 5) is 38.1. The molecule has 0 amide bonds. The lowest BCUT2D eigenvalue weighted by Gasteiger charge is -2.01. The molecule has 0 fully saturated rings. The molecule has 6 nitrogen and oxygen atoms in total. The molecule has 0 atom stereocenters. The molecular weight excluding hydrogens is 390 g/mol. The smallest absolute Gasteiger partial charge is 0.349 e. The van der Waals surface area contributed by atoms with Crippen LogP contribution in [0.2, 0.25) is 0 Å². The lowest BCUT2D eigenvalue weighted by Crippen LogP contribution is -2.10. The number of aryl methyl sites for hydroxylation is 2. The van der Waals surface area contributed by atoms with E-state index in [4.69, 9.17) is 4.74 Å². The van der Waals surface area contributed by atoms with E-state index in [1.54, 1.807) is 25.2 Å². The second kappa shape index (κ2) is 6.75. The maximum absolute atomic E-state index is 12.5. The Hall–Kier alpha value is -2.36. The molecule has 0 spiro atoms. The van der Waals surface area contributed by atoms with Crippen LogP contribution >= 0.6 is 34.0 Å². The number of hydrogen-bond donors (Lipinski definition) is 1. The highest BCUT2D eigenvalue weighted by Gasteiger charge is 2.20. The summed E-state index contributed by atoms with van der Waals surface area (Å²) in [6, 6.07) is 3.98. The van der Waals surface area contributed by atoms with Crippen molar-refractivity contribution in [3.63, 3.8) is 0 Å². The van der Waals surface area contributed by atoms with Gasteiger partial charge in [-0.05, 0) is 30.9 Å². The number of hydrogen-bond acceptors (Lipinski definition) is 8. The van der Waals surface area contributed by atoms with E-state index >= 15 is 0 Å². The number of ether oxygens (including phenoxy) is 1. The zero-order valence-corrected chi connectivity index (χ0v) is 16.3. The number of thiazole rings is 1. The fraction of sp³-hybridized carbons (Fsp3) is 0.176. The number of esters is 1. The van der Waals surface area contributed by atoms with Gasteiger partial charge in [0.1, 0.15) is 27.1 Å². The molecule has 0 radical (unpaired) electrons. The predicted molar refractivity (Wildman–Crippen MR) is 104 cm³/mol. The Morgan fingerprint density at radius 2 is 2.12 bits per heavy atom. The molecule has 4 heterocycles. The molecule has 26 heavy (non-hydrogen) atoms. The van der Waals surface area contributed by atoms with Crippen LogP contribution in [0.1, 0.15) is 26.8 Å². The molecule has 0 bridgehead atoms. The molecule has 0 aliphatic carbocycles. The number of carbonyl (C=O) groups excluding carboxylic acids is 1. The molecule has 4 aromatic rings. The van der Waals surface area contributed by atoms with Crippen molar-refractivity contribution in [1.82, 2.24) is 15.0 Å². The van der Waals surface area contributed by atoms with Crippen molar-refractivity contribution in [2.75, 3.05) is 0 Å². The first-order chi connectivity index (χ1) is 12.5. The second-order valence-corrected chi connectivity index (χ2v) is 8.39. The molecule has 0 aliphatic rings. The standard InChI is InChI=1S/C17H13N3O3S3/c1-8-12-14(21)18-9(2)19-16(12)26-13(8)17(22)23-6-10-7-25-15(20-10)11-4-3-5-24-11/h3-5,7H,6H2,1-2H3,(H,18,19,21). The molecule has 0 unspecified atom stereocenters. The Balaban J connectivity index is 1.54. The summed E-state index contributed by atoms with van der Waals surface area (Å²) < 4.78 is 5.40. The van der Waals surface area contributed by atoms with Gasteiger partial charge in [-0.25, -0.2) is 14.8 Å². The number of carbonyl (C=O) groups is 1. The average Bonchev–Trinajstić information content (AvgIpc) is 3.32. The van der Waals surface area contributed by atoms with E-state index in [0.29, 0.717) is 32.2 Å². The van der Waals surface area contributed by atoms with Crippen molar-refractivity contribution < 1.29 is 9.53 Å². The van der Waals surface area contributed by atoms with Gasteiger partial charge >= 0.3 is 5.97 Å². The molecule has 0 aliphatic heterocycles. The van der Waals surface area contributed by atoms with E-state index in [1.807, 2.05) is 22.9 Å². The Bertz CT molecular complexity index is 1160. The van der Waals surface area contributed by atoms with Gasteiger partial charge in [0, 0.05) is 5.38 Å². The maximum atomic E-state index is 12.5. The summed E-state index contributed by atoms with van der Waals surface area (Å²) in [7, 11) is 0. The Morgan fingerprint density at radius 1 is 1.27 bits per heavy atom. The third-order valence-corrected chi connectivity index (χ3v) is 6.84. The number of nitrogens with one attached hydrogen (secondary N) is 1. The maximum Gasteiger partial charge on any atom is 0.349 e. The third-order valence-electron chi connectivity index (χ3n) is 3.74. The van der Waals surface area contributed by atoms with Gasteiger partial charge in [0.25, 0.3) is 5.56 Å². The largest absolute Gasteiger partial charge is 0.455 e. The van der Waals surface area contributed by atoms with Crippen molar-refractivity contribution in [2.45, 2.75) is 20.5 Å². The van der Waals surface area contributed by atoms with Crippen LogP contribution in [0.4, 0.5) is 0 Å². The van der Waals surface area contributed by atoms with Crippen LogP contribution in [0, 0.1) is 13.8 Å². The summed E-state index contributed by atoms with van der Waals surface area (Å²) in [6.45, 7) is 3.54. The van der Waals surface area contributed by atoms with Crippen molar-refractivity contribution in [2.24, 2.45) is 0 Å². The highest BCUT2D eigenvalue weighted by molar-refractivity contribution is 7.20. The van der Waals surface area contributed by atoms with Crippen LogP contribution in [0.3, 0.4) is 0 Å². The van der Waals surface area contributed by atoms with Crippen molar-refractivity contribution >= 4 is 50.2 Å². The first-order valence-corrected chi connectivity index (χ1v) is 10.3. The summed E-state index contributed by atoms with van der Waals surface area (Å²) in [5.41, 5.74) is 1.07. The molecule has 132 valence electrons. The highest BCUT2D eigenvalue weighted by atomic mass is 32.1. The van der Waals surface area contributed by atoms with Gasteiger partial charge in [-0.15, -0.1) is 34.0 Å². The normalized spacial score (nSPS) is 11.2. The minimum atomic E-state index is -0.465. The number of aromatic amines is 1. The number of fused-ring (bicyclic) bond motifs is 1. The quantitative estimate of drug-likeness (QED) is 0.518. The molecule has 0 saturated heterocycles. The lowest BCUT2D eigenvalue weighted by molar-refractivity contribution is 0.0473. The van der Waals surface area contributed by atoms with Crippen LogP contribution in [-0.4, -0.2) is 20.9 Å². The number of nitrogens with zero attached hydrogens (tertiary/aromatic N) is 2. The van der Waals surface area contributed by atoms with Crippen LogP contribution in [0.25, 0.3) is 20.1 Å². The summed E-state index contributed by atoms with van der Waals surface area (Å²) in [5.74, 6) is 0.0560. The fourth-order valence-electron chi connectivity index (χ4n) is 2.54. The van der Waals surface area contributed by atoms with E-state index in [0.717, 1.165) is 9.88 Å². The Morgan fingerprint density at radius 3 is 2.88 bits per heavy atom.